The highest BCUT2D eigenvalue weighted by atomic mass is 16.6. The van der Waals surface area contributed by atoms with Gasteiger partial charge in [-0.15, -0.1) is 0 Å². The van der Waals surface area contributed by atoms with E-state index < -0.39 is 36.7 Å². The van der Waals surface area contributed by atoms with Gasteiger partial charge in [-0.05, 0) is 5.56 Å². The Morgan fingerprint density at radius 3 is 2.64 bits per heavy atom. The second-order valence-corrected chi connectivity index (χ2v) is 6.50. The third-order valence-electron chi connectivity index (χ3n) is 4.63. The molecule has 1 aliphatic heterocycles. The van der Waals surface area contributed by atoms with E-state index in [2.05, 4.69) is 20.3 Å². The first-order chi connectivity index (χ1) is 13.5. The molecule has 0 unspecified atom stereocenters. The van der Waals surface area contributed by atoms with Crippen molar-refractivity contribution in [2.45, 2.75) is 31.1 Å². The van der Waals surface area contributed by atoms with Crippen LogP contribution in [0.25, 0.3) is 11.2 Å². The van der Waals surface area contributed by atoms with Crippen LogP contribution >= 0.6 is 0 Å². The first kappa shape index (κ1) is 18.4. The quantitative estimate of drug-likeness (QED) is 0.318. The molecule has 0 radical (unpaired) electrons. The minimum atomic E-state index is -1.37. The van der Waals surface area contributed by atoms with Crippen LogP contribution in [0.15, 0.2) is 35.1 Å². The van der Waals surface area contributed by atoms with Crippen molar-refractivity contribution in [3.63, 3.8) is 0 Å². The highest BCUT2D eigenvalue weighted by Gasteiger charge is 2.45. The van der Waals surface area contributed by atoms with Crippen LogP contribution in [0.1, 0.15) is 11.8 Å². The molecule has 2 aromatic heterocycles. The van der Waals surface area contributed by atoms with Gasteiger partial charge in [0.1, 0.15) is 18.3 Å². The highest BCUT2D eigenvalue weighted by molar-refractivity contribution is 5.74. The van der Waals surface area contributed by atoms with E-state index in [1.807, 2.05) is 30.3 Å². The number of nitrogens with two attached hydrogens (primary N) is 1. The molecule has 0 aliphatic carbocycles. The Morgan fingerprint density at radius 2 is 1.96 bits per heavy atom. The molecule has 3 aromatic rings. The van der Waals surface area contributed by atoms with Crippen LogP contribution in [0.5, 0.6) is 0 Å². The molecule has 1 saturated heterocycles. The van der Waals surface area contributed by atoms with E-state index in [-0.39, 0.29) is 23.1 Å². The number of aliphatic hydroxyl groups excluding tert-OH is 3. The number of ether oxygens (including phenoxy) is 1. The van der Waals surface area contributed by atoms with Crippen molar-refractivity contribution in [1.29, 1.82) is 0 Å². The van der Waals surface area contributed by atoms with Gasteiger partial charge in [0.2, 0.25) is 11.9 Å². The van der Waals surface area contributed by atoms with E-state index in [4.69, 9.17) is 10.5 Å². The first-order valence-corrected chi connectivity index (χ1v) is 8.67. The summed E-state index contributed by atoms with van der Waals surface area (Å²) >= 11 is 0. The van der Waals surface area contributed by atoms with Gasteiger partial charge in [-0.3, -0.25) is 14.3 Å². The zero-order valence-electron chi connectivity index (χ0n) is 14.7. The molecule has 0 amide bonds. The van der Waals surface area contributed by atoms with Crippen molar-refractivity contribution in [1.82, 2.24) is 19.5 Å². The Labute approximate surface area is 158 Å². The van der Waals surface area contributed by atoms with Gasteiger partial charge in [-0.25, -0.2) is 4.98 Å². The lowest BCUT2D eigenvalue weighted by atomic mass is 10.1. The summed E-state index contributed by atoms with van der Waals surface area (Å²) in [7, 11) is 0. The number of imidazole rings is 1. The van der Waals surface area contributed by atoms with Crippen molar-refractivity contribution in [2.75, 3.05) is 17.7 Å². The average molecular weight is 388 g/mol. The van der Waals surface area contributed by atoms with Gasteiger partial charge in [0.05, 0.1) is 6.61 Å². The van der Waals surface area contributed by atoms with Crippen LogP contribution in [0, 0.1) is 0 Å². The number of nitrogens with one attached hydrogen (secondary N) is 2. The molecule has 1 fully saturated rings. The number of rotatable bonds is 5. The number of aliphatic hydroxyl groups is 3. The fourth-order valence-corrected chi connectivity index (χ4v) is 3.24. The van der Waals surface area contributed by atoms with Gasteiger partial charge in [-0.1, -0.05) is 30.3 Å². The summed E-state index contributed by atoms with van der Waals surface area (Å²) in [6, 6.07) is 9.49. The summed E-state index contributed by atoms with van der Waals surface area (Å²) in [6.45, 7) is -0.101. The van der Waals surface area contributed by atoms with Gasteiger partial charge in [0, 0.05) is 6.54 Å². The Morgan fingerprint density at radius 1 is 1.21 bits per heavy atom. The Hall–Kier alpha value is -2.99. The number of hydrogen-bond acceptors (Lipinski definition) is 9. The summed E-state index contributed by atoms with van der Waals surface area (Å²) < 4.78 is 6.97. The van der Waals surface area contributed by atoms with Gasteiger partial charge in [0.15, 0.2) is 17.4 Å². The van der Waals surface area contributed by atoms with Crippen LogP contribution < -0.4 is 16.6 Å². The number of H-pyrrole nitrogens is 1. The predicted molar refractivity (Wildman–Crippen MR) is 99.3 cm³/mol. The molecule has 11 heteroatoms. The SMILES string of the molecule is Nc1nc2c(nc(NCc3ccccc3)n2[C@@H]2O[C@H](CO)[C@H](O)[C@H]2O)c(=O)[nH]1. The molecule has 3 heterocycles. The Balaban J connectivity index is 1.79. The van der Waals surface area contributed by atoms with Crippen molar-refractivity contribution in [3.05, 3.63) is 46.2 Å². The molecule has 0 spiro atoms. The Bertz CT molecular complexity index is 1040. The maximum atomic E-state index is 12.2. The monoisotopic (exact) mass is 388 g/mol. The summed E-state index contributed by atoms with van der Waals surface area (Å²) in [5, 5.41) is 33.0. The highest BCUT2D eigenvalue weighted by Crippen LogP contribution is 2.34. The molecular weight excluding hydrogens is 368 g/mol. The normalized spacial score (nSPS) is 24.7. The summed E-state index contributed by atoms with van der Waals surface area (Å²) in [5.41, 5.74) is 6.17. The number of aromatic amines is 1. The number of nitrogens with zero attached hydrogens (tertiary/aromatic N) is 3. The topological polar surface area (TPSA) is 172 Å². The van der Waals surface area contributed by atoms with E-state index in [0.29, 0.717) is 6.54 Å². The average Bonchev–Trinajstić information content (AvgIpc) is 3.18. The number of benzene rings is 1. The van der Waals surface area contributed by atoms with Crippen molar-refractivity contribution < 1.29 is 20.1 Å². The first-order valence-electron chi connectivity index (χ1n) is 8.67. The summed E-state index contributed by atoms with van der Waals surface area (Å²) in [5.74, 6) is 0.0808. The lowest BCUT2D eigenvalue weighted by Gasteiger charge is -2.19. The molecule has 1 aliphatic rings. The predicted octanol–water partition coefficient (Wildman–Crippen LogP) is -1.07. The lowest BCUT2D eigenvalue weighted by molar-refractivity contribution is -0.0501. The van der Waals surface area contributed by atoms with E-state index in [1.165, 1.54) is 4.57 Å². The third kappa shape index (κ3) is 3.10. The van der Waals surface area contributed by atoms with E-state index >= 15 is 0 Å². The minimum absolute atomic E-state index is 0.00231. The molecule has 4 rings (SSSR count). The van der Waals surface area contributed by atoms with Gasteiger partial charge in [-0.2, -0.15) is 4.98 Å². The van der Waals surface area contributed by atoms with Crippen LogP contribution in [0.4, 0.5) is 11.9 Å². The number of hydrogen-bond donors (Lipinski definition) is 6. The van der Waals surface area contributed by atoms with Gasteiger partial charge >= 0.3 is 0 Å². The maximum absolute atomic E-state index is 12.2. The van der Waals surface area contributed by atoms with Crippen LogP contribution in [0.3, 0.4) is 0 Å². The fourth-order valence-electron chi connectivity index (χ4n) is 3.24. The van der Waals surface area contributed by atoms with E-state index in [9.17, 15) is 20.1 Å². The standard InChI is InChI=1S/C17H20N6O5/c18-16-21-13-10(14(27)22-16)20-17(19-6-8-4-2-1-3-5-8)23(13)15-12(26)11(25)9(7-24)28-15/h1-5,9,11-12,15,24-26H,6-7H2,(H,19,20)(H3,18,21,22,27)/t9-,11+,12-,15-/m1/s1. The molecule has 0 saturated carbocycles. The molecule has 7 N–H and O–H groups in total. The second-order valence-electron chi connectivity index (χ2n) is 6.50. The Kier molecular flexibility index (Phi) is 4.73. The van der Waals surface area contributed by atoms with Crippen LogP contribution in [0.2, 0.25) is 0 Å². The number of nitrogen functional groups attached to an aromatic ring is 1. The third-order valence-corrected chi connectivity index (χ3v) is 4.63. The number of anilines is 2. The fraction of sp³-hybridized carbons (Fsp3) is 0.353. The second kappa shape index (κ2) is 7.20. The molecule has 28 heavy (non-hydrogen) atoms. The van der Waals surface area contributed by atoms with Gasteiger partial charge in [0.25, 0.3) is 5.56 Å². The van der Waals surface area contributed by atoms with Gasteiger partial charge < -0.3 is 31.1 Å². The smallest absolute Gasteiger partial charge is 0.280 e. The minimum Gasteiger partial charge on any atom is -0.394 e. The zero-order chi connectivity index (χ0) is 19.8. The van der Waals surface area contributed by atoms with Crippen LogP contribution in [-0.4, -0.2) is 59.8 Å². The van der Waals surface area contributed by atoms with Crippen molar-refractivity contribution >= 4 is 23.1 Å². The summed E-state index contributed by atoms with van der Waals surface area (Å²) in [4.78, 5) is 23.0. The van der Waals surface area contributed by atoms with Crippen molar-refractivity contribution in [3.8, 4) is 0 Å². The number of aromatic nitrogens is 4. The molecule has 11 nitrogen and oxygen atoms in total. The molecular formula is C17H20N6O5. The zero-order valence-corrected chi connectivity index (χ0v) is 14.7. The van der Waals surface area contributed by atoms with E-state index in [0.717, 1.165) is 5.56 Å². The molecule has 1 aromatic carbocycles. The van der Waals surface area contributed by atoms with E-state index in [1.54, 1.807) is 0 Å². The molecule has 148 valence electrons. The molecule has 4 atom stereocenters. The summed E-state index contributed by atoms with van der Waals surface area (Å²) in [6.07, 6.45) is -4.79. The number of fused-ring (bicyclic) bond motifs is 1. The molecule has 0 bridgehead atoms. The largest absolute Gasteiger partial charge is 0.394 e. The van der Waals surface area contributed by atoms with Crippen molar-refractivity contribution in [2.24, 2.45) is 0 Å². The van der Waals surface area contributed by atoms with Crippen LogP contribution in [-0.2, 0) is 11.3 Å². The lowest BCUT2D eigenvalue weighted by Crippen LogP contribution is -2.33. The maximum Gasteiger partial charge on any atom is 0.280 e.